The van der Waals surface area contributed by atoms with Crippen LogP contribution in [0.5, 0.6) is 5.75 Å². The van der Waals surface area contributed by atoms with Crippen molar-refractivity contribution in [2.45, 2.75) is 51.2 Å². The van der Waals surface area contributed by atoms with Crippen LogP contribution in [0.2, 0.25) is 5.02 Å². The molecule has 2 saturated heterocycles. The third kappa shape index (κ3) is 5.01. The summed E-state index contributed by atoms with van der Waals surface area (Å²) in [5.41, 5.74) is 0.349. The summed E-state index contributed by atoms with van der Waals surface area (Å²) in [4.78, 5) is 40.3. The summed E-state index contributed by atoms with van der Waals surface area (Å²) in [5.74, 6) is -0.169. The number of ether oxygens (including phenoxy) is 2. The van der Waals surface area contributed by atoms with Crippen LogP contribution in [0.1, 0.15) is 49.4 Å². The fourth-order valence-electron chi connectivity index (χ4n) is 3.95. The number of piperidine rings is 2. The zero-order valence-electron chi connectivity index (χ0n) is 16.9. The monoisotopic (exact) mass is 422 g/mol. The molecule has 1 atom stereocenters. The molecule has 8 heteroatoms. The minimum atomic E-state index is -0.591. The Kier molecular flexibility index (Phi) is 7.00. The van der Waals surface area contributed by atoms with Gasteiger partial charge >= 0.3 is 5.97 Å². The number of halogens is 1. The Bertz CT molecular complexity index is 776. The summed E-state index contributed by atoms with van der Waals surface area (Å²) >= 11 is 6.16. The smallest absolute Gasteiger partial charge is 0.328 e. The molecule has 2 amide bonds. The van der Waals surface area contributed by atoms with Gasteiger partial charge in [0.2, 0.25) is 5.91 Å². The van der Waals surface area contributed by atoms with Gasteiger partial charge in [0, 0.05) is 44.4 Å². The van der Waals surface area contributed by atoms with E-state index in [0.717, 1.165) is 12.8 Å². The van der Waals surface area contributed by atoms with Gasteiger partial charge < -0.3 is 19.3 Å². The molecule has 1 aromatic rings. The summed E-state index contributed by atoms with van der Waals surface area (Å²) in [6.45, 7) is 3.32. The molecule has 0 saturated carbocycles. The maximum Gasteiger partial charge on any atom is 0.328 e. The molecule has 0 N–H and O–H groups in total. The third-order valence-electron chi connectivity index (χ3n) is 5.59. The zero-order chi connectivity index (χ0) is 21.0. The SMILES string of the molecule is COC(=O)[C@H]1CCCCN1C(=O)c1cc(Cl)ccc1OC1CCN(C(C)=O)CC1. The standard InChI is InChI=1S/C21H27ClN2O5/c1-14(25)23-11-8-16(9-12-23)29-19-7-6-15(22)13-17(19)20(26)24-10-4-3-5-18(24)21(27)28-2/h6-7,13,16,18H,3-5,8-12H2,1-2H3/t18-/m1/s1. The van der Waals surface area contributed by atoms with Crippen molar-refractivity contribution in [3.63, 3.8) is 0 Å². The fourth-order valence-corrected chi connectivity index (χ4v) is 4.12. The zero-order valence-corrected chi connectivity index (χ0v) is 17.6. The highest BCUT2D eigenvalue weighted by molar-refractivity contribution is 6.31. The van der Waals surface area contributed by atoms with Crippen molar-refractivity contribution in [2.75, 3.05) is 26.7 Å². The predicted molar refractivity (Wildman–Crippen MR) is 108 cm³/mol. The van der Waals surface area contributed by atoms with Gasteiger partial charge in [0.25, 0.3) is 5.91 Å². The molecule has 2 heterocycles. The molecule has 2 fully saturated rings. The number of carbonyl (C=O) groups excluding carboxylic acids is 3. The van der Waals surface area contributed by atoms with Gasteiger partial charge in [-0.05, 0) is 37.5 Å². The number of methoxy groups -OCH3 is 1. The Hall–Kier alpha value is -2.28. The molecule has 0 aliphatic carbocycles. The number of benzene rings is 1. The van der Waals surface area contributed by atoms with Crippen molar-refractivity contribution < 1.29 is 23.9 Å². The van der Waals surface area contributed by atoms with E-state index >= 15 is 0 Å². The van der Waals surface area contributed by atoms with Crippen LogP contribution in [-0.4, -0.2) is 66.5 Å². The van der Waals surface area contributed by atoms with Gasteiger partial charge in [-0.15, -0.1) is 0 Å². The van der Waals surface area contributed by atoms with Crippen LogP contribution in [0.4, 0.5) is 0 Å². The number of amides is 2. The predicted octanol–water partition coefficient (Wildman–Crippen LogP) is 2.90. The van der Waals surface area contributed by atoms with Crippen LogP contribution in [0.15, 0.2) is 18.2 Å². The number of hydrogen-bond donors (Lipinski definition) is 0. The molecule has 7 nitrogen and oxygen atoms in total. The van der Waals surface area contributed by atoms with Gasteiger partial charge in [-0.25, -0.2) is 4.79 Å². The molecule has 3 rings (SSSR count). The first-order valence-electron chi connectivity index (χ1n) is 10.0. The first kappa shape index (κ1) is 21.4. The van der Waals surface area contributed by atoms with Crippen molar-refractivity contribution in [3.8, 4) is 5.75 Å². The number of esters is 1. The Morgan fingerprint density at radius 2 is 1.79 bits per heavy atom. The fraction of sp³-hybridized carbons (Fsp3) is 0.571. The normalized spacial score (nSPS) is 20.3. The second-order valence-electron chi connectivity index (χ2n) is 7.50. The molecular formula is C21H27ClN2O5. The largest absolute Gasteiger partial charge is 0.489 e. The Morgan fingerprint density at radius 1 is 1.07 bits per heavy atom. The lowest BCUT2D eigenvalue weighted by Gasteiger charge is -2.35. The summed E-state index contributed by atoms with van der Waals surface area (Å²) in [6, 6.07) is 4.38. The van der Waals surface area contributed by atoms with Crippen LogP contribution < -0.4 is 4.74 Å². The highest BCUT2D eigenvalue weighted by atomic mass is 35.5. The molecule has 29 heavy (non-hydrogen) atoms. The second kappa shape index (κ2) is 9.48. The third-order valence-corrected chi connectivity index (χ3v) is 5.82. The average molecular weight is 423 g/mol. The van der Waals surface area contributed by atoms with E-state index in [2.05, 4.69) is 0 Å². The van der Waals surface area contributed by atoms with Gasteiger partial charge in [-0.1, -0.05) is 11.6 Å². The van der Waals surface area contributed by atoms with Crippen molar-refractivity contribution in [3.05, 3.63) is 28.8 Å². The van der Waals surface area contributed by atoms with Gasteiger partial charge in [0.1, 0.15) is 17.9 Å². The van der Waals surface area contributed by atoms with E-state index < -0.39 is 12.0 Å². The van der Waals surface area contributed by atoms with Gasteiger partial charge in [0.05, 0.1) is 12.7 Å². The van der Waals surface area contributed by atoms with Crippen molar-refractivity contribution in [1.29, 1.82) is 0 Å². The molecular weight excluding hydrogens is 396 g/mol. The Balaban J connectivity index is 1.78. The van der Waals surface area contributed by atoms with Crippen molar-refractivity contribution >= 4 is 29.4 Å². The Morgan fingerprint density at radius 3 is 2.45 bits per heavy atom. The lowest BCUT2D eigenvalue weighted by molar-refractivity contribution is -0.147. The van der Waals surface area contributed by atoms with E-state index in [1.54, 1.807) is 34.9 Å². The molecule has 2 aliphatic heterocycles. The minimum absolute atomic E-state index is 0.0600. The average Bonchev–Trinajstić information content (AvgIpc) is 2.74. The highest BCUT2D eigenvalue weighted by Crippen LogP contribution is 2.30. The van der Waals surface area contributed by atoms with Crippen LogP contribution in [-0.2, 0) is 14.3 Å². The molecule has 158 valence electrons. The topological polar surface area (TPSA) is 76.2 Å². The summed E-state index contributed by atoms with van der Waals surface area (Å²) in [5, 5.41) is 0.429. The Labute approximate surface area is 175 Å². The number of rotatable bonds is 4. The number of likely N-dealkylation sites (tertiary alicyclic amines) is 2. The summed E-state index contributed by atoms with van der Waals surface area (Å²) in [6.07, 6.45) is 3.60. The molecule has 0 radical (unpaired) electrons. The van der Waals surface area contributed by atoms with Gasteiger partial charge in [-0.3, -0.25) is 9.59 Å². The lowest BCUT2D eigenvalue weighted by Crippen LogP contribution is -2.48. The number of carbonyl (C=O) groups is 3. The van der Waals surface area contributed by atoms with E-state index in [-0.39, 0.29) is 17.9 Å². The highest BCUT2D eigenvalue weighted by Gasteiger charge is 2.35. The van der Waals surface area contributed by atoms with E-state index in [0.29, 0.717) is 55.2 Å². The first-order valence-corrected chi connectivity index (χ1v) is 10.4. The quantitative estimate of drug-likeness (QED) is 0.697. The molecule has 0 spiro atoms. The molecule has 2 aliphatic rings. The maximum atomic E-state index is 13.3. The van der Waals surface area contributed by atoms with Gasteiger partial charge in [-0.2, -0.15) is 0 Å². The summed E-state index contributed by atoms with van der Waals surface area (Å²) < 4.78 is 11.0. The van der Waals surface area contributed by atoms with Crippen LogP contribution >= 0.6 is 11.6 Å². The van der Waals surface area contributed by atoms with Crippen LogP contribution in [0, 0.1) is 0 Å². The second-order valence-corrected chi connectivity index (χ2v) is 7.93. The van der Waals surface area contributed by atoms with Gasteiger partial charge in [0.15, 0.2) is 0 Å². The van der Waals surface area contributed by atoms with Crippen LogP contribution in [0.3, 0.4) is 0 Å². The number of hydrogen-bond acceptors (Lipinski definition) is 5. The van der Waals surface area contributed by atoms with Crippen LogP contribution in [0.25, 0.3) is 0 Å². The molecule has 0 unspecified atom stereocenters. The number of nitrogens with zero attached hydrogens (tertiary/aromatic N) is 2. The maximum absolute atomic E-state index is 13.3. The molecule has 0 aromatic heterocycles. The van der Waals surface area contributed by atoms with E-state index in [1.807, 2.05) is 0 Å². The van der Waals surface area contributed by atoms with E-state index in [4.69, 9.17) is 21.1 Å². The van der Waals surface area contributed by atoms with Crippen molar-refractivity contribution in [1.82, 2.24) is 9.80 Å². The lowest BCUT2D eigenvalue weighted by atomic mass is 10.0. The minimum Gasteiger partial charge on any atom is -0.489 e. The van der Waals surface area contributed by atoms with E-state index in [1.165, 1.54) is 7.11 Å². The van der Waals surface area contributed by atoms with E-state index in [9.17, 15) is 14.4 Å². The summed E-state index contributed by atoms with van der Waals surface area (Å²) in [7, 11) is 1.33. The van der Waals surface area contributed by atoms with Crippen molar-refractivity contribution in [2.24, 2.45) is 0 Å². The molecule has 1 aromatic carbocycles. The first-order chi connectivity index (χ1) is 13.9. The molecule has 0 bridgehead atoms.